The number of pyridine rings is 1. The number of carbonyl (C=O) groups is 1. The van der Waals surface area contributed by atoms with Crippen molar-refractivity contribution in [3.8, 4) is 0 Å². The molecule has 1 aromatic heterocycles. The zero-order chi connectivity index (χ0) is 19.5. The van der Waals surface area contributed by atoms with E-state index in [1.54, 1.807) is 4.90 Å². The van der Waals surface area contributed by atoms with Crippen LogP contribution in [0.5, 0.6) is 0 Å². The van der Waals surface area contributed by atoms with Gasteiger partial charge in [-0.15, -0.1) is 0 Å². The molecule has 0 radical (unpaired) electrons. The van der Waals surface area contributed by atoms with Gasteiger partial charge in [0.15, 0.2) is 5.82 Å². The van der Waals surface area contributed by atoms with Crippen LogP contribution in [0.4, 0.5) is 18.9 Å². The predicted molar refractivity (Wildman–Crippen MR) is 93.3 cm³/mol. The van der Waals surface area contributed by atoms with E-state index in [4.69, 9.17) is 0 Å². The highest BCUT2D eigenvalue weighted by atomic mass is 19.1. The van der Waals surface area contributed by atoms with E-state index >= 15 is 4.39 Å². The topological polar surface area (TPSA) is 74.6 Å². The molecule has 9 heteroatoms. The first kappa shape index (κ1) is 17.8. The maximum Gasteiger partial charge on any atom is 0.341 e. The molecule has 0 bridgehead atoms. The smallest absolute Gasteiger partial charge is 0.341 e. The zero-order valence-electron chi connectivity index (χ0n) is 14.5. The van der Waals surface area contributed by atoms with Crippen LogP contribution >= 0.6 is 0 Å². The number of rotatable bonds is 3. The highest BCUT2D eigenvalue weighted by molar-refractivity contribution is 5.94. The average Bonchev–Trinajstić information content (AvgIpc) is 3.32. The van der Waals surface area contributed by atoms with Gasteiger partial charge in [0.25, 0.3) is 0 Å². The second-order valence-corrected chi connectivity index (χ2v) is 7.12. The van der Waals surface area contributed by atoms with Gasteiger partial charge in [0.2, 0.25) is 5.43 Å². The van der Waals surface area contributed by atoms with Crippen molar-refractivity contribution in [2.45, 2.75) is 31.6 Å². The molecule has 0 spiro atoms. The van der Waals surface area contributed by atoms with Crippen molar-refractivity contribution in [3.05, 3.63) is 39.7 Å². The van der Waals surface area contributed by atoms with E-state index in [0.717, 1.165) is 16.8 Å². The number of benzene rings is 1. The Balaban J connectivity index is 2.00. The van der Waals surface area contributed by atoms with Crippen molar-refractivity contribution in [2.24, 2.45) is 0 Å². The van der Waals surface area contributed by atoms with Crippen LogP contribution in [-0.2, 0) is 0 Å². The molecule has 1 saturated carbocycles. The molecular formula is C18H18F3N3O3. The third kappa shape index (κ3) is 2.86. The van der Waals surface area contributed by atoms with E-state index in [9.17, 15) is 23.5 Å². The first-order valence-electron chi connectivity index (χ1n) is 8.72. The largest absolute Gasteiger partial charge is 0.477 e. The zero-order valence-corrected chi connectivity index (χ0v) is 14.5. The minimum atomic E-state index is -1.52. The molecule has 1 aromatic carbocycles. The molecule has 4 rings (SSSR count). The van der Waals surface area contributed by atoms with E-state index in [1.807, 2.05) is 6.92 Å². The van der Waals surface area contributed by atoms with Gasteiger partial charge < -0.3 is 19.9 Å². The molecule has 2 heterocycles. The summed E-state index contributed by atoms with van der Waals surface area (Å²) in [5.74, 6) is -3.42. The maximum absolute atomic E-state index is 15.4. The van der Waals surface area contributed by atoms with Crippen molar-refractivity contribution in [2.75, 3.05) is 24.5 Å². The van der Waals surface area contributed by atoms with Crippen molar-refractivity contribution < 1.29 is 23.1 Å². The van der Waals surface area contributed by atoms with E-state index in [2.05, 4.69) is 5.32 Å². The molecular weight excluding hydrogens is 363 g/mol. The number of nitrogens with one attached hydrogen (secondary N) is 1. The van der Waals surface area contributed by atoms with Crippen LogP contribution in [0.15, 0.2) is 17.1 Å². The maximum atomic E-state index is 15.4. The van der Waals surface area contributed by atoms with Crippen LogP contribution in [-0.4, -0.2) is 47.5 Å². The summed E-state index contributed by atoms with van der Waals surface area (Å²) in [6, 6.07) is 0.117. The van der Waals surface area contributed by atoms with E-state index in [1.165, 1.54) is 0 Å². The van der Waals surface area contributed by atoms with Crippen LogP contribution in [0, 0.1) is 11.6 Å². The fourth-order valence-electron chi connectivity index (χ4n) is 3.71. The summed E-state index contributed by atoms with van der Waals surface area (Å²) >= 11 is 0. The lowest BCUT2D eigenvalue weighted by Crippen LogP contribution is -2.49. The minimum Gasteiger partial charge on any atom is -0.477 e. The standard InChI is InChI=1S/C18H18F3N3O3/c1-8-6-23(3-2-22-8)16-12(20)4-9-15(14(16)21)24(13-5-11(13)19)7-10(17(9)25)18(26)27/h4,7-8,11,13,22H,2-3,5-6H2,1H3,(H,26,27)/t8-,11-,13-/m0/s1. The Kier molecular flexibility index (Phi) is 4.14. The Morgan fingerprint density at radius 2 is 2.07 bits per heavy atom. The Labute approximate surface area is 152 Å². The van der Waals surface area contributed by atoms with Gasteiger partial charge in [-0.2, -0.15) is 0 Å². The number of fused-ring (bicyclic) bond motifs is 1. The Hall–Kier alpha value is -2.55. The molecule has 2 aliphatic rings. The number of alkyl halides is 1. The molecule has 6 nitrogen and oxygen atoms in total. The fourth-order valence-corrected chi connectivity index (χ4v) is 3.71. The Morgan fingerprint density at radius 3 is 2.67 bits per heavy atom. The molecule has 144 valence electrons. The highest BCUT2D eigenvalue weighted by Gasteiger charge is 2.41. The number of piperazine rings is 1. The first-order valence-corrected chi connectivity index (χ1v) is 8.72. The molecule has 2 N–H and O–H groups in total. The molecule has 1 aliphatic heterocycles. The average molecular weight is 381 g/mol. The van der Waals surface area contributed by atoms with Crippen LogP contribution in [0.2, 0.25) is 0 Å². The van der Waals surface area contributed by atoms with Crippen LogP contribution in [0.3, 0.4) is 0 Å². The number of nitrogens with zero attached hydrogens (tertiary/aromatic N) is 2. The third-order valence-electron chi connectivity index (χ3n) is 5.14. The lowest BCUT2D eigenvalue weighted by molar-refractivity contribution is 0.0694. The summed E-state index contributed by atoms with van der Waals surface area (Å²) in [5.41, 5.74) is -2.15. The fraction of sp³-hybridized carbons (Fsp3) is 0.444. The number of carboxylic acid groups (broad SMARTS) is 1. The molecule has 0 unspecified atom stereocenters. The van der Waals surface area contributed by atoms with Crippen LogP contribution < -0.4 is 15.6 Å². The second kappa shape index (κ2) is 6.26. The molecule has 2 aromatic rings. The quantitative estimate of drug-likeness (QED) is 0.852. The second-order valence-electron chi connectivity index (χ2n) is 7.12. The minimum absolute atomic E-state index is 0.0171. The summed E-state index contributed by atoms with van der Waals surface area (Å²) in [6.07, 6.45) is -0.208. The van der Waals surface area contributed by atoms with E-state index in [-0.39, 0.29) is 23.7 Å². The van der Waals surface area contributed by atoms with Gasteiger partial charge in [0, 0.05) is 38.3 Å². The monoisotopic (exact) mass is 381 g/mol. The number of hydrogen-bond donors (Lipinski definition) is 2. The van der Waals surface area contributed by atoms with E-state index < -0.39 is 46.2 Å². The van der Waals surface area contributed by atoms with Gasteiger partial charge in [0.05, 0.1) is 16.9 Å². The molecule has 0 amide bonds. The van der Waals surface area contributed by atoms with Gasteiger partial charge >= 0.3 is 5.97 Å². The number of aromatic carboxylic acids is 1. The third-order valence-corrected chi connectivity index (χ3v) is 5.14. The molecule has 3 atom stereocenters. The lowest BCUT2D eigenvalue weighted by Gasteiger charge is -2.34. The van der Waals surface area contributed by atoms with Crippen molar-refractivity contribution in [3.63, 3.8) is 0 Å². The van der Waals surface area contributed by atoms with Crippen molar-refractivity contribution in [1.82, 2.24) is 9.88 Å². The van der Waals surface area contributed by atoms with Crippen LogP contribution in [0.25, 0.3) is 10.9 Å². The highest BCUT2D eigenvalue weighted by Crippen LogP contribution is 2.42. The Morgan fingerprint density at radius 1 is 1.37 bits per heavy atom. The van der Waals surface area contributed by atoms with Gasteiger partial charge in [0.1, 0.15) is 23.2 Å². The Bertz CT molecular complexity index is 1010. The molecule has 1 saturated heterocycles. The predicted octanol–water partition coefficient (Wildman–Crippen LogP) is 2.06. The molecule has 27 heavy (non-hydrogen) atoms. The van der Waals surface area contributed by atoms with Crippen molar-refractivity contribution >= 4 is 22.6 Å². The van der Waals surface area contributed by atoms with Gasteiger partial charge in [-0.25, -0.2) is 18.0 Å². The summed E-state index contributed by atoms with van der Waals surface area (Å²) in [7, 11) is 0. The summed E-state index contributed by atoms with van der Waals surface area (Å²) in [5, 5.41) is 12.0. The number of halogens is 3. The number of carboxylic acids is 1. The first-order chi connectivity index (χ1) is 12.8. The summed E-state index contributed by atoms with van der Waals surface area (Å²) in [4.78, 5) is 25.3. The van der Waals surface area contributed by atoms with Crippen molar-refractivity contribution in [1.29, 1.82) is 0 Å². The molecule has 2 fully saturated rings. The number of anilines is 1. The number of hydrogen-bond acceptors (Lipinski definition) is 4. The van der Waals surface area contributed by atoms with Gasteiger partial charge in [-0.3, -0.25) is 4.79 Å². The van der Waals surface area contributed by atoms with Crippen LogP contribution in [0.1, 0.15) is 29.7 Å². The van der Waals surface area contributed by atoms with Gasteiger partial charge in [-0.05, 0) is 13.0 Å². The van der Waals surface area contributed by atoms with Gasteiger partial charge in [-0.1, -0.05) is 0 Å². The van der Waals surface area contributed by atoms with E-state index in [0.29, 0.717) is 19.6 Å². The normalized spacial score (nSPS) is 25.0. The molecule has 1 aliphatic carbocycles. The summed E-state index contributed by atoms with van der Waals surface area (Å²) < 4.78 is 45.0. The SMILES string of the molecule is C[C@H]1CN(c2c(F)cc3c(=O)c(C(=O)O)cn([C@H]4C[C@@H]4F)c3c2F)CCN1. The number of aromatic nitrogens is 1. The summed E-state index contributed by atoms with van der Waals surface area (Å²) in [6.45, 7) is 3.16. The lowest BCUT2D eigenvalue weighted by atomic mass is 10.1.